The molecule has 8 nitrogen and oxygen atoms in total. The lowest BCUT2D eigenvalue weighted by Gasteiger charge is -2.30. The number of rotatable bonds is 13. The first-order valence-corrected chi connectivity index (χ1v) is 18.0. The van der Waals surface area contributed by atoms with Crippen molar-refractivity contribution in [1.29, 1.82) is 0 Å². The van der Waals surface area contributed by atoms with Crippen molar-refractivity contribution in [2.45, 2.75) is 78.2 Å². The van der Waals surface area contributed by atoms with Crippen LogP contribution in [-0.4, -0.2) is 37.8 Å². The van der Waals surface area contributed by atoms with E-state index in [1.54, 1.807) is 4.68 Å². The molecule has 0 amide bonds. The predicted octanol–water partition coefficient (Wildman–Crippen LogP) is 8.56. The zero-order valence-corrected chi connectivity index (χ0v) is 31.2. The molecule has 0 bridgehead atoms. The maximum atomic E-state index is 13.1. The standard InChI is InChI=1S/C40H47N3O5Si/c1-27(2)32-23-33(35(47-26-29-17-13-10-14-18-29)24-34(32)46-25-28-15-11-9-12-16-28)43-37(36(41-42-43)38(44)45-8)30-19-21-31(22-20-30)40(6,7)48-49-39(3,4)5/h9-24,27H,25-26,49H2,1-8H3. The van der Waals surface area contributed by atoms with E-state index in [1.807, 2.05) is 97.1 Å². The van der Waals surface area contributed by atoms with Gasteiger partial charge in [0.1, 0.15) is 36.1 Å². The van der Waals surface area contributed by atoms with Crippen molar-refractivity contribution in [2.24, 2.45) is 0 Å². The molecule has 0 aliphatic carbocycles. The summed E-state index contributed by atoms with van der Waals surface area (Å²) in [6.07, 6.45) is 0. The smallest absolute Gasteiger partial charge is 0.360 e. The highest BCUT2D eigenvalue weighted by Crippen LogP contribution is 2.39. The van der Waals surface area contributed by atoms with Crippen molar-refractivity contribution < 1.29 is 23.4 Å². The number of hydrogen-bond donors (Lipinski definition) is 0. The number of carbonyl (C=O) groups excluding carboxylic acids is 1. The van der Waals surface area contributed by atoms with Gasteiger partial charge in [-0.05, 0) is 53.1 Å². The topological polar surface area (TPSA) is 84.7 Å². The molecule has 0 unspecified atom stereocenters. The predicted molar refractivity (Wildman–Crippen MR) is 196 cm³/mol. The van der Waals surface area contributed by atoms with Crippen LogP contribution in [0.2, 0.25) is 5.04 Å². The lowest BCUT2D eigenvalue weighted by Crippen LogP contribution is -2.27. The minimum Gasteiger partial charge on any atom is -0.488 e. The zero-order valence-electron chi connectivity index (χ0n) is 29.8. The second-order valence-electron chi connectivity index (χ2n) is 14.2. The van der Waals surface area contributed by atoms with Crippen LogP contribution in [0.1, 0.15) is 87.1 Å². The fraction of sp³-hybridized carbons (Fsp3) is 0.325. The Morgan fingerprint density at radius 3 is 1.90 bits per heavy atom. The number of esters is 1. The molecule has 0 spiro atoms. The summed E-state index contributed by atoms with van der Waals surface area (Å²) in [5.74, 6) is 0.782. The van der Waals surface area contributed by atoms with Crippen molar-refractivity contribution in [3.63, 3.8) is 0 Å². The van der Waals surface area contributed by atoms with Crippen LogP contribution in [0.5, 0.6) is 11.5 Å². The Labute approximate surface area is 292 Å². The minimum atomic E-state index is -0.784. The highest BCUT2D eigenvalue weighted by Gasteiger charge is 2.28. The maximum Gasteiger partial charge on any atom is 0.360 e. The summed E-state index contributed by atoms with van der Waals surface area (Å²) >= 11 is 0. The van der Waals surface area contributed by atoms with Gasteiger partial charge in [-0.2, -0.15) is 0 Å². The summed E-state index contributed by atoms with van der Waals surface area (Å²) in [4.78, 5) is 13.1. The molecule has 5 rings (SSSR count). The van der Waals surface area contributed by atoms with Gasteiger partial charge in [-0.1, -0.05) is 125 Å². The van der Waals surface area contributed by atoms with E-state index in [4.69, 9.17) is 18.6 Å². The number of methoxy groups -OCH3 is 1. The zero-order chi connectivity index (χ0) is 35.2. The fourth-order valence-electron chi connectivity index (χ4n) is 5.35. The summed E-state index contributed by atoms with van der Waals surface area (Å²) < 4.78 is 26.2. The molecular formula is C40H47N3O5Si. The second-order valence-corrected chi connectivity index (χ2v) is 16.9. The van der Waals surface area contributed by atoms with Gasteiger partial charge in [-0.25, -0.2) is 9.48 Å². The Kier molecular flexibility index (Phi) is 11.0. The van der Waals surface area contributed by atoms with Crippen molar-refractivity contribution >= 4 is 15.7 Å². The van der Waals surface area contributed by atoms with Gasteiger partial charge in [0.2, 0.25) is 0 Å². The minimum absolute atomic E-state index is 0.107. The Hall–Kier alpha value is -4.73. The molecule has 0 atom stereocenters. The van der Waals surface area contributed by atoms with Crippen LogP contribution in [-0.2, 0) is 28.0 Å². The highest BCUT2D eigenvalue weighted by molar-refractivity contribution is 6.31. The fourth-order valence-corrected chi connectivity index (χ4v) is 6.31. The normalized spacial score (nSPS) is 12.1. The van der Waals surface area contributed by atoms with Crippen LogP contribution in [0.4, 0.5) is 0 Å². The van der Waals surface area contributed by atoms with Crippen molar-refractivity contribution in [3.05, 3.63) is 125 Å². The average molecular weight is 678 g/mol. The number of carbonyl (C=O) groups is 1. The number of benzene rings is 4. The molecule has 9 heteroatoms. The molecule has 0 saturated heterocycles. The van der Waals surface area contributed by atoms with E-state index in [-0.39, 0.29) is 16.7 Å². The summed E-state index contributed by atoms with van der Waals surface area (Å²) in [5, 5.41) is 9.03. The Morgan fingerprint density at radius 2 is 1.37 bits per heavy atom. The van der Waals surface area contributed by atoms with Gasteiger partial charge < -0.3 is 18.6 Å². The maximum absolute atomic E-state index is 13.1. The molecule has 256 valence electrons. The molecule has 0 aliphatic heterocycles. The summed E-state index contributed by atoms with van der Waals surface area (Å²) in [7, 11) is 0.560. The monoisotopic (exact) mass is 677 g/mol. The Morgan fingerprint density at radius 1 is 0.796 bits per heavy atom. The number of hydrogen-bond acceptors (Lipinski definition) is 7. The van der Waals surface area contributed by atoms with E-state index in [0.717, 1.165) is 27.8 Å². The first-order valence-electron chi connectivity index (χ1n) is 16.7. The van der Waals surface area contributed by atoms with E-state index in [9.17, 15) is 4.79 Å². The number of ether oxygens (including phenoxy) is 3. The van der Waals surface area contributed by atoms with Gasteiger partial charge in [-0.3, -0.25) is 0 Å². The van der Waals surface area contributed by atoms with E-state index < -0.39 is 21.3 Å². The first kappa shape index (κ1) is 35.6. The quantitative estimate of drug-likeness (QED) is 0.0912. The molecule has 0 radical (unpaired) electrons. The van der Waals surface area contributed by atoms with E-state index in [2.05, 4.69) is 58.8 Å². The van der Waals surface area contributed by atoms with Gasteiger partial charge >= 0.3 is 5.97 Å². The first-order chi connectivity index (χ1) is 23.4. The van der Waals surface area contributed by atoms with Gasteiger partial charge in [0.05, 0.1) is 12.7 Å². The van der Waals surface area contributed by atoms with Crippen LogP contribution in [0.3, 0.4) is 0 Å². The molecule has 0 aliphatic rings. The van der Waals surface area contributed by atoms with Crippen molar-refractivity contribution in [2.75, 3.05) is 7.11 Å². The van der Waals surface area contributed by atoms with Gasteiger partial charge in [-0.15, -0.1) is 5.10 Å². The third-order valence-corrected chi connectivity index (χ3v) is 9.92. The second kappa shape index (κ2) is 15.2. The Bertz CT molecular complexity index is 1850. The van der Waals surface area contributed by atoms with Crippen molar-refractivity contribution in [3.8, 4) is 28.4 Å². The number of aromatic nitrogens is 3. The molecule has 1 aromatic heterocycles. The van der Waals surface area contributed by atoms with E-state index in [1.165, 1.54) is 7.11 Å². The van der Waals surface area contributed by atoms with E-state index >= 15 is 0 Å². The van der Waals surface area contributed by atoms with Gasteiger partial charge in [0.25, 0.3) is 0 Å². The van der Waals surface area contributed by atoms with Crippen LogP contribution < -0.4 is 9.47 Å². The Balaban J connectivity index is 1.61. The lowest BCUT2D eigenvalue weighted by molar-refractivity contribution is 0.0594. The summed E-state index contributed by atoms with van der Waals surface area (Å²) in [5.41, 5.74) is 5.62. The average Bonchev–Trinajstić information content (AvgIpc) is 3.54. The SMILES string of the molecule is COC(=O)c1nnn(-c2cc(C(C)C)c(OCc3ccccc3)cc2OCc2ccccc2)c1-c1ccc(C(C)(C)O[SiH2]C(C)(C)C)cc1. The molecule has 4 aromatic carbocycles. The summed E-state index contributed by atoms with van der Waals surface area (Å²) in [6.45, 7) is 15.8. The van der Waals surface area contributed by atoms with Gasteiger partial charge in [0.15, 0.2) is 15.5 Å². The van der Waals surface area contributed by atoms with Gasteiger partial charge in [0, 0.05) is 11.6 Å². The molecule has 49 heavy (non-hydrogen) atoms. The molecule has 5 aromatic rings. The molecule has 0 fully saturated rings. The third kappa shape index (κ3) is 8.85. The molecule has 1 heterocycles. The third-order valence-electron chi connectivity index (χ3n) is 8.18. The van der Waals surface area contributed by atoms with Crippen LogP contribution in [0.25, 0.3) is 16.9 Å². The highest BCUT2D eigenvalue weighted by atomic mass is 28.2. The lowest BCUT2D eigenvalue weighted by atomic mass is 9.96. The molecule has 0 saturated carbocycles. The largest absolute Gasteiger partial charge is 0.488 e. The van der Waals surface area contributed by atoms with Crippen LogP contribution in [0.15, 0.2) is 97.1 Å². The van der Waals surface area contributed by atoms with Crippen LogP contribution in [0, 0.1) is 0 Å². The number of nitrogens with zero attached hydrogens (tertiary/aromatic N) is 3. The molecule has 0 N–H and O–H groups in total. The van der Waals surface area contributed by atoms with Crippen LogP contribution >= 0.6 is 0 Å². The van der Waals surface area contributed by atoms with Crippen molar-refractivity contribution in [1.82, 2.24) is 15.0 Å². The van der Waals surface area contributed by atoms with E-state index in [0.29, 0.717) is 36.1 Å². The summed E-state index contributed by atoms with van der Waals surface area (Å²) in [6, 6.07) is 32.0. The molecular weight excluding hydrogens is 631 g/mol.